The monoisotopic (exact) mass is 487 g/mol. The summed E-state index contributed by atoms with van der Waals surface area (Å²) in [7, 11) is 2.91. The van der Waals surface area contributed by atoms with E-state index in [1.54, 1.807) is 6.07 Å². The van der Waals surface area contributed by atoms with Gasteiger partial charge in [-0.05, 0) is 42.5 Å². The van der Waals surface area contributed by atoms with Gasteiger partial charge in [0.15, 0.2) is 23.9 Å². The first kappa shape index (κ1) is 24.8. The van der Waals surface area contributed by atoms with Crippen LogP contribution in [0.25, 0.3) is 0 Å². The Morgan fingerprint density at radius 1 is 1.00 bits per heavy atom. The van der Waals surface area contributed by atoms with Crippen molar-refractivity contribution in [1.29, 1.82) is 0 Å². The zero-order chi connectivity index (χ0) is 24.8. The Hall–Kier alpha value is -3.86. The highest BCUT2D eigenvalue weighted by molar-refractivity contribution is 8.01. The van der Waals surface area contributed by atoms with Gasteiger partial charge in [-0.3, -0.25) is 19.2 Å². The van der Waals surface area contributed by atoms with Crippen LogP contribution in [-0.2, 0) is 19.1 Å². The number of imide groups is 1. The van der Waals surface area contributed by atoms with Gasteiger partial charge in [0, 0.05) is 12.0 Å². The van der Waals surface area contributed by atoms with E-state index in [2.05, 4.69) is 0 Å². The standard InChI is InChI=1S/C23H21NO9S/c1-31-17-8-5-14(9-18(17)32-2)16(25)11-33-23(30)13-3-6-15(7-4-13)24-20(26)10-19(22(24)29)34-12-21(27)28/h3-9,19H,10-12H2,1-2H3,(H,27,28). The second-order valence-corrected chi connectivity index (χ2v) is 8.27. The summed E-state index contributed by atoms with van der Waals surface area (Å²) in [5.41, 5.74) is 0.660. The van der Waals surface area contributed by atoms with Crippen LogP contribution < -0.4 is 14.4 Å². The molecule has 0 radical (unpaired) electrons. The summed E-state index contributed by atoms with van der Waals surface area (Å²) in [6.07, 6.45) is -0.0984. The highest BCUT2D eigenvalue weighted by Gasteiger charge is 2.40. The van der Waals surface area contributed by atoms with E-state index < -0.39 is 41.4 Å². The predicted octanol–water partition coefficient (Wildman–Crippen LogP) is 2.19. The van der Waals surface area contributed by atoms with Crippen molar-refractivity contribution >= 4 is 47.0 Å². The van der Waals surface area contributed by atoms with E-state index in [0.29, 0.717) is 11.5 Å². The lowest BCUT2D eigenvalue weighted by Crippen LogP contribution is -2.31. The van der Waals surface area contributed by atoms with Crippen LogP contribution in [0.4, 0.5) is 5.69 Å². The lowest BCUT2D eigenvalue weighted by molar-refractivity contribution is -0.134. The molecule has 1 atom stereocenters. The number of rotatable bonds is 10. The van der Waals surface area contributed by atoms with Crippen molar-refractivity contribution < 1.29 is 43.3 Å². The van der Waals surface area contributed by atoms with Gasteiger partial charge in [0.2, 0.25) is 11.8 Å². The zero-order valence-electron chi connectivity index (χ0n) is 18.3. The molecule has 1 fully saturated rings. The van der Waals surface area contributed by atoms with Crippen molar-refractivity contribution in [3.05, 3.63) is 53.6 Å². The number of thioether (sulfide) groups is 1. The van der Waals surface area contributed by atoms with Gasteiger partial charge in [-0.15, -0.1) is 11.8 Å². The Morgan fingerprint density at radius 3 is 2.26 bits per heavy atom. The molecule has 178 valence electrons. The Labute approximate surface area is 198 Å². The first-order valence-electron chi connectivity index (χ1n) is 9.97. The molecule has 1 aliphatic rings. The summed E-state index contributed by atoms with van der Waals surface area (Å²) in [4.78, 5) is 61.2. The van der Waals surface area contributed by atoms with Gasteiger partial charge < -0.3 is 19.3 Å². The third kappa shape index (κ3) is 5.54. The third-order valence-electron chi connectivity index (χ3n) is 4.91. The third-order valence-corrected chi connectivity index (χ3v) is 6.10. The number of benzene rings is 2. The highest BCUT2D eigenvalue weighted by atomic mass is 32.2. The fourth-order valence-electron chi connectivity index (χ4n) is 3.23. The number of carboxylic acid groups (broad SMARTS) is 1. The number of amides is 2. The van der Waals surface area contributed by atoms with Crippen LogP contribution in [-0.4, -0.2) is 66.5 Å². The number of hydrogen-bond acceptors (Lipinski definition) is 9. The van der Waals surface area contributed by atoms with Crippen LogP contribution in [0.3, 0.4) is 0 Å². The number of carboxylic acids is 1. The summed E-state index contributed by atoms with van der Waals surface area (Å²) in [6, 6.07) is 10.1. The second kappa shape index (κ2) is 10.8. The highest BCUT2D eigenvalue weighted by Crippen LogP contribution is 2.30. The molecular weight excluding hydrogens is 466 g/mol. The number of esters is 1. The van der Waals surface area contributed by atoms with E-state index >= 15 is 0 Å². The number of methoxy groups -OCH3 is 2. The normalized spacial score (nSPS) is 15.2. The fourth-order valence-corrected chi connectivity index (χ4v) is 4.08. The minimum atomic E-state index is -1.07. The first-order chi connectivity index (χ1) is 16.2. The molecular formula is C23H21NO9S. The van der Waals surface area contributed by atoms with E-state index in [-0.39, 0.29) is 29.0 Å². The maximum absolute atomic E-state index is 12.5. The van der Waals surface area contributed by atoms with Crippen molar-refractivity contribution in [2.75, 3.05) is 31.5 Å². The van der Waals surface area contributed by atoms with Crippen LogP contribution in [0.15, 0.2) is 42.5 Å². The molecule has 34 heavy (non-hydrogen) atoms. The van der Waals surface area contributed by atoms with Crippen LogP contribution >= 0.6 is 11.8 Å². The molecule has 11 heteroatoms. The van der Waals surface area contributed by atoms with Crippen molar-refractivity contribution in [3.8, 4) is 11.5 Å². The SMILES string of the molecule is COc1ccc(C(=O)COC(=O)c2ccc(N3C(=O)CC(SCC(=O)O)C3=O)cc2)cc1OC. The minimum Gasteiger partial charge on any atom is -0.493 e. The van der Waals surface area contributed by atoms with Crippen molar-refractivity contribution in [2.45, 2.75) is 11.7 Å². The summed E-state index contributed by atoms with van der Waals surface area (Å²) >= 11 is 0.890. The average molecular weight is 487 g/mol. The molecule has 10 nitrogen and oxygen atoms in total. The van der Waals surface area contributed by atoms with E-state index in [9.17, 15) is 24.0 Å². The summed E-state index contributed by atoms with van der Waals surface area (Å²) in [5.74, 6) is -2.70. The molecule has 1 aliphatic heterocycles. The first-order valence-corrected chi connectivity index (χ1v) is 11.0. The van der Waals surface area contributed by atoms with Crippen LogP contribution in [0, 0.1) is 0 Å². The van der Waals surface area contributed by atoms with Crippen LogP contribution in [0.1, 0.15) is 27.1 Å². The minimum absolute atomic E-state index is 0.0984. The van der Waals surface area contributed by atoms with E-state index in [1.165, 1.54) is 50.6 Å². The number of carbonyl (C=O) groups is 5. The molecule has 0 bridgehead atoms. The van der Waals surface area contributed by atoms with Crippen molar-refractivity contribution in [3.63, 3.8) is 0 Å². The lowest BCUT2D eigenvalue weighted by atomic mass is 10.1. The van der Waals surface area contributed by atoms with E-state index in [4.69, 9.17) is 19.3 Å². The Kier molecular flexibility index (Phi) is 7.90. The molecule has 1 unspecified atom stereocenters. The Balaban J connectivity index is 1.61. The number of anilines is 1. The van der Waals surface area contributed by atoms with Gasteiger partial charge in [0.1, 0.15) is 0 Å². The molecule has 2 aromatic rings. The van der Waals surface area contributed by atoms with Crippen LogP contribution in [0.5, 0.6) is 11.5 Å². The molecule has 2 amide bonds. The molecule has 0 aliphatic carbocycles. The number of Topliss-reactive ketones (excluding diaryl/α,β-unsaturated/α-hetero) is 1. The van der Waals surface area contributed by atoms with E-state index in [0.717, 1.165) is 16.7 Å². The maximum atomic E-state index is 12.5. The predicted molar refractivity (Wildman–Crippen MR) is 122 cm³/mol. The fraction of sp³-hybridized carbons (Fsp3) is 0.261. The number of hydrogen-bond donors (Lipinski definition) is 1. The smallest absolute Gasteiger partial charge is 0.338 e. The van der Waals surface area contributed by atoms with Gasteiger partial charge in [-0.2, -0.15) is 0 Å². The Morgan fingerprint density at radius 2 is 1.65 bits per heavy atom. The number of carbonyl (C=O) groups excluding carboxylic acids is 4. The van der Waals surface area contributed by atoms with Gasteiger partial charge in [-0.1, -0.05) is 0 Å². The topological polar surface area (TPSA) is 137 Å². The molecule has 0 spiro atoms. The molecule has 0 aromatic heterocycles. The molecule has 1 N–H and O–H groups in total. The lowest BCUT2D eigenvalue weighted by Gasteiger charge is -2.15. The zero-order valence-corrected chi connectivity index (χ0v) is 19.1. The van der Waals surface area contributed by atoms with Crippen LogP contribution in [0.2, 0.25) is 0 Å². The van der Waals surface area contributed by atoms with Gasteiger partial charge in [-0.25, -0.2) is 9.69 Å². The van der Waals surface area contributed by atoms with E-state index in [1.807, 2.05) is 0 Å². The molecule has 1 saturated heterocycles. The number of nitrogens with zero attached hydrogens (tertiary/aromatic N) is 1. The number of ether oxygens (including phenoxy) is 3. The summed E-state index contributed by atoms with van der Waals surface area (Å²) in [6.45, 7) is -0.498. The van der Waals surface area contributed by atoms with Gasteiger partial charge >= 0.3 is 11.9 Å². The molecule has 3 rings (SSSR count). The quantitative estimate of drug-likeness (QED) is 0.302. The molecule has 2 aromatic carbocycles. The summed E-state index contributed by atoms with van der Waals surface area (Å²) in [5, 5.41) is 8.01. The van der Waals surface area contributed by atoms with Crippen molar-refractivity contribution in [2.24, 2.45) is 0 Å². The average Bonchev–Trinajstić information content (AvgIpc) is 3.13. The van der Waals surface area contributed by atoms with Crippen molar-refractivity contribution in [1.82, 2.24) is 0 Å². The molecule has 0 saturated carbocycles. The van der Waals surface area contributed by atoms with Gasteiger partial charge in [0.25, 0.3) is 0 Å². The largest absolute Gasteiger partial charge is 0.493 e. The second-order valence-electron chi connectivity index (χ2n) is 7.08. The maximum Gasteiger partial charge on any atom is 0.338 e. The number of aliphatic carboxylic acids is 1. The summed E-state index contributed by atoms with van der Waals surface area (Å²) < 4.78 is 15.4. The number of ketones is 1. The van der Waals surface area contributed by atoms with Gasteiger partial charge in [0.05, 0.1) is 36.5 Å². The molecule has 1 heterocycles. The Bertz CT molecular complexity index is 1130.